The highest BCUT2D eigenvalue weighted by Crippen LogP contribution is 2.53. The summed E-state index contributed by atoms with van der Waals surface area (Å²) in [6.07, 6.45) is 3.02. The lowest BCUT2D eigenvalue weighted by Crippen LogP contribution is -2.31. The van der Waals surface area contributed by atoms with E-state index in [0.29, 0.717) is 11.8 Å². The molecule has 0 saturated heterocycles. The van der Waals surface area contributed by atoms with Gasteiger partial charge in [-0.3, -0.25) is 16.3 Å². The highest BCUT2D eigenvalue weighted by atomic mass is 15.2. The molecule has 1 aliphatic rings. The van der Waals surface area contributed by atoms with Crippen molar-refractivity contribution in [3.8, 4) is 0 Å². The Morgan fingerprint density at radius 3 is 2.68 bits per heavy atom. The molecule has 1 heterocycles. The summed E-state index contributed by atoms with van der Waals surface area (Å²) in [5.74, 6) is 6.91. The molecule has 3 nitrogen and oxygen atoms in total. The predicted molar refractivity (Wildman–Crippen MR) is 76.3 cm³/mol. The molecule has 19 heavy (non-hydrogen) atoms. The number of nitrogens with two attached hydrogens (primary N) is 1. The van der Waals surface area contributed by atoms with Crippen LogP contribution < -0.4 is 11.3 Å². The van der Waals surface area contributed by atoms with Gasteiger partial charge < -0.3 is 0 Å². The summed E-state index contributed by atoms with van der Waals surface area (Å²) in [7, 11) is 0. The monoisotopic (exact) mass is 253 g/mol. The number of pyridine rings is 1. The van der Waals surface area contributed by atoms with E-state index >= 15 is 0 Å². The maximum absolute atomic E-state index is 5.76. The lowest BCUT2D eigenvalue weighted by Gasteiger charge is -2.17. The van der Waals surface area contributed by atoms with Crippen LogP contribution in [-0.4, -0.2) is 4.98 Å². The van der Waals surface area contributed by atoms with E-state index in [-0.39, 0.29) is 6.04 Å². The smallest absolute Gasteiger partial charge is 0.0669 e. The molecule has 2 aromatic rings. The second kappa shape index (κ2) is 5.11. The molecule has 3 heteroatoms. The summed E-state index contributed by atoms with van der Waals surface area (Å²) in [5, 5.41) is 0. The number of hydrogen-bond acceptors (Lipinski definition) is 3. The van der Waals surface area contributed by atoms with E-state index in [4.69, 9.17) is 5.84 Å². The highest BCUT2D eigenvalue weighted by Gasteiger charge is 2.44. The zero-order valence-corrected chi connectivity index (χ0v) is 11.1. The van der Waals surface area contributed by atoms with Crippen LogP contribution in [-0.2, 0) is 0 Å². The molecular weight excluding hydrogens is 234 g/mol. The number of aryl methyl sites for hydroxylation is 1. The number of hydrazine groups is 1. The molecule has 0 spiro atoms. The van der Waals surface area contributed by atoms with Gasteiger partial charge in [0, 0.05) is 6.20 Å². The number of aromatic nitrogens is 1. The standard InChI is InChI=1S/C16H19N3/c1-11-6-5-9-18-15(11)16(19-17)14-10-13(14)12-7-3-2-4-8-12/h2-9,13-14,16,19H,10,17H2,1H3. The Hall–Kier alpha value is -1.71. The van der Waals surface area contributed by atoms with Crippen LogP contribution in [0, 0.1) is 12.8 Å². The van der Waals surface area contributed by atoms with Crippen molar-refractivity contribution >= 4 is 0 Å². The van der Waals surface area contributed by atoms with Crippen LogP contribution in [0.4, 0.5) is 0 Å². The maximum atomic E-state index is 5.76. The van der Waals surface area contributed by atoms with Crippen LogP contribution in [0.2, 0.25) is 0 Å². The molecule has 1 aliphatic carbocycles. The van der Waals surface area contributed by atoms with Crippen LogP contribution in [0.3, 0.4) is 0 Å². The van der Waals surface area contributed by atoms with Crippen molar-refractivity contribution in [3.63, 3.8) is 0 Å². The van der Waals surface area contributed by atoms with E-state index in [1.807, 2.05) is 12.3 Å². The Bertz CT molecular complexity index is 553. The van der Waals surface area contributed by atoms with Crippen LogP contribution >= 0.6 is 0 Å². The van der Waals surface area contributed by atoms with Gasteiger partial charge in [-0.15, -0.1) is 0 Å². The maximum Gasteiger partial charge on any atom is 0.0669 e. The summed E-state index contributed by atoms with van der Waals surface area (Å²) in [5.41, 5.74) is 6.64. The molecule has 0 aliphatic heterocycles. The molecule has 3 rings (SSSR count). The molecule has 0 amide bonds. The predicted octanol–water partition coefficient (Wildman–Crippen LogP) is 2.70. The second-order valence-electron chi connectivity index (χ2n) is 5.27. The van der Waals surface area contributed by atoms with Crippen molar-refractivity contribution in [2.24, 2.45) is 11.8 Å². The quantitative estimate of drug-likeness (QED) is 0.650. The van der Waals surface area contributed by atoms with Crippen LogP contribution in [0.5, 0.6) is 0 Å². The average Bonchev–Trinajstić information content (AvgIpc) is 3.23. The minimum absolute atomic E-state index is 0.145. The van der Waals surface area contributed by atoms with Gasteiger partial charge in [0.2, 0.25) is 0 Å². The Kier molecular flexibility index (Phi) is 3.32. The van der Waals surface area contributed by atoms with Gasteiger partial charge >= 0.3 is 0 Å². The Labute approximate surface area is 113 Å². The summed E-state index contributed by atoms with van der Waals surface area (Å²) >= 11 is 0. The van der Waals surface area contributed by atoms with Crippen molar-refractivity contribution in [3.05, 3.63) is 65.5 Å². The van der Waals surface area contributed by atoms with Gasteiger partial charge in [-0.05, 0) is 42.4 Å². The number of rotatable bonds is 4. The minimum Gasteiger partial charge on any atom is -0.271 e. The van der Waals surface area contributed by atoms with Gasteiger partial charge in [-0.1, -0.05) is 36.4 Å². The van der Waals surface area contributed by atoms with Crippen molar-refractivity contribution in [1.29, 1.82) is 0 Å². The molecular formula is C16H19N3. The Morgan fingerprint density at radius 2 is 2.00 bits per heavy atom. The molecule has 3 unspecified atom stereocenters. The lowest BCUT2D eigenvalue weighted by molar-refractivity contribution is 0.474. The fourth-order valence-electron chi connectivity index (χ4n) is 2.90. The van der Waals surface area contributed by atoms with Gasteiger partial charge in [0.15, 0.2) is 0 Å². The van der Waals surface area contributed by atoms with E-state index in [1.165, 1.54) is 17.5 Å². The largest absolute Gasteiger partial charge is 0.271 e. The lowest BCUT2D eigenvalue weighted by atomic mass is 10.0. The van der Waals surface area contributed by atoms with Crippen LogP contribution in [0.1, 0.15) is 35.2 Å². The third-order valence-corrected chi connectivity index (χ3v) is 4.02. The zero-order chi connectivity index (χ0) is 13.2. The zero-order valence-electron chi connectivity index (χ0n) is 11.1. The first-order valence-corrected chi connectivity index (χ1v) is 6.74. The molecule has 0 radical (unpaired) electrons. The summed E-state index contributed by atoms with van der Waals surface area (Å²) < 4.78 is 0. The van der Waals surface area contributed by atoms with E-state index in [9.17, 15) is 0 Å². The molecule has 3 N–H and O–H groups in total. The Morgan fingerprint density at radius 1 is 1.21 bits per heavy atom. The van der Waals surface area contributed by atoms with Gasteiger partial charge in [0.25, 0.3) is 0 Å². The number of nitrogens with one attached hydrogen (secondary N) is 1. The summed E-state index contributed by atoms with van der Waals surface area (Å²) in [6, 6.07) is 14.9. The Balaban J connectivity index is 1.81. The first-order chi connectivity index (χ1) is 9.31. The molecule has 1 aromatic heterocycles. The van der Waals surface area contributed by atoms with Gasteiger partial charge in [0.1, 0.15) is 0 Å². The molecule has 98 valence electrons. The van der Waals surface area contributed by atoms with Gasteiger partial charge in [-0.2, -0.15) is 0 Å². The molecule has 3 atom stereocenters. The van der Waals surface area contributed by atoms with Crippen LogP contribution in [0.15, 0.2) is 48.7 Å². The minimum atomic E-state index is 0.145. The summed E-state index contributed by atoms with van der Waals surface area (Å²) in [6.45, 7) is 2.09. The van der Waals surface area contributed by atoms with Crippen molar-refractivity contribution in [1.82, 2.24) is 10.4 Å². The van der Waals surface area contributed by atoms with Crippen molar-refractivity contribution in [2.75, 3.05) is 0 Å². The van der Waals surface area contributed by atoms with E-state index in [0.717, 1.165) is 5.69 Å². The number of hydrogen-bond donors (Lipinski definition) is 2. The molecule has 1 saturated carbocycles. The molecule has 0 bridgehead atoms. The van der Waals surface area contributed by atoms with E-state index < -0.39 is 0 Å². The topological polar surface area (TPSA) is 50.9 Å². The summed E-state index contributed by atoms with van der Waals surface area (Å²) in [4.78, 5) is 4.50. The SMILES string of the molecule is Cc1cccnc1C(NN)C1CC1c1ccccc1. The highest BCUT2D eigenvalue weighted by molar-refractivity contribution is 5.30. The molecule has 1 fully saturated rings. The van der Waals surface area contributed by atoms with Gasteiger partial charge in [-0.25, -0.2) is 0 Å². The third-order valence-electron chi connectivity index (χ3n) is 4.02. The van der Waals surface area contributed by atoms with Crippen molar-refractivity contribution < 1.29 is 0 Å². The first kappa shape index (κ1) is 12.3. The third kappa shape index (κ3) is 2.39. The van der Waals surface area contributed by atoms with Crippen molar-refractivity contribution in [2.45, 2.75) is 25.3 Å². The number of nitrogens with zero attached hydrogens (tertiary/aromatic N) is 1. The second-order valence-corrected chi connectivity index (χ2v) is 5.27. The fraction of sp³-hybridized carbons (Fsp3) is 0.312. The molecule has 1 aromatic carbocycles. The average molecular weight is 253 g/mol. The fourth-order valence-corrected chi connectivity index (χ4v) is 2.90. The normalized spacial score (nSPS) is 23.1. The van der Waals surface area contributed by atoms with E-state index in [2.05, 4.69) is 53.7 Å². The van der Waals surface area contributed by atoms with Gasteiger partial charge in [0.05, 0.1) is 11.7 Å². The van der Waals surface area contributed by atoms with E-state index in [1.54, 1.807) is 0 Å². The first-order valence-electron chi connectivity index (χ1n) is 6.74. The number of benzene rings is 1. The van der Waals surface area contributed by atoms with Crippen LogP contribution in [0.25, 0.3) is 0 Å².